The van der Waals surface area contributed by atoms with E-state index in [2.05, 4.69) is 0 Å². The number of aliphatic hydroxyl groups excluding tert-OH is 1. The molecule has 0 bridgehead atoms. The zero-order valence-electron chi connectivity index (χ0n) is 15.9. The fourth-order valence-corrected chi connectivity index (χ4v) is 2.95. The average Bonchev–Trinajstić information content (AvgIpc) is 2.92. The maximum Gasteiger partial charge on any atom is 0.301 e. The molecule has 1 aliphatic heterocycles. The van der Waals surface area contributed by atoms with Crippen LogP contribution in [0.25, 0.3) is 5.57 Å². The highest BCUT2D eigenvalue weighted by Crippen LogP contribution is 2.37. The predicted octanol–water partition coefficient (Wildman–Crippen LogP) is 3.34. The van der Waals surface area contributed by atoms with E-state index >= 15 is 0 Å². The summed E-state index contributed by atoms with van der Waals surface area (Å²) in [4.78, 5) is 26.5. The number of carbonyl (C=O) groups excluding carboxylic acids is 2. The fraction of sp³-hybridized carbons (Fsp3) is 0.238. The van der Waals surface area contributed by atoms with Gasteiger partial charge in [0.1, 0.15) is 5.75 Å². The highest BCUT2D eigenvalue weighted by atomic mass is 16.5. The van der Waals surface area contributed by atoms with E-state index in [1.807, 2.05) is 13.8 Å². The van der Waals surface area contributed by atoms with Gasteiger partial charge in [-0.2, -0.15) is 0 Å². The van der Waals surface area contributed by atoms with Crippen molar-refractivity contribution in [3.8, 4) is 17.2 Å². The van der Waals surface area contributed by atoms with Crippen molar-refractivity contribution < 1.29 is 28.9 Å². The highest BCUT2D eigenvalue weighted by Gasteiger charge is 2.40. The van der Waals surface area contributed by atoms with Gasteiger partial charge in [-0.15, -0.1) is 0 Å². The third-order valence-corrected chi connectivity index (χ3v) is 4.22. The summed E-state index contributed by atoms with van der Waals surface area (Å²) < 4.78 is 16.2. The number of ether oxygens (including phenoxy) is 3. The molecule has 2 aromatic carbocycles. The Morgan fingerprint density at radius 1 is 0.893 bits per heavy atom. The minimum atomic E-state index is -0.789. The molecule has 2 amide bonds. The van der Waals surface area contributed by atoms with Crippen molar-refractivity contribution in [2.75, 3.05) is 25.2 Å². The molecular formula is C21H21NO6. The summed E-state index contributed by atoms with van der Waals surface area (Å²) in [6.45, 7) is 4.51. The highest BCUT2D eigenvalue weighted by molar-refractivity contribution is 6.44. The molecule has 0 radical (unpaired) electrons. The molecule has 2 aromatic rings. The maximum atomic E-state index is 12.9. The van der Waals surface area contributed by atoms with Crippen LogP contribution in [-0.2, 0) is 9.59 Å². The number of anilines is 1. The smallest absolute Gasteiger partial charge is 0.301 e. The Morgan fingerprint density at radius 2 is 1.54 bits per heavy atom. The first-order chi connectivity index (χ1) is 13.5. The number of benzene rings is 2. The molecule has 1 heterocycles. The normalized spacial score (nSPS) is 13.9. The lowest BCUT2D eigenvalue weighted by Gasteiger charge is -2.18. The lowest BCUT2D eigenvalue weighted by Crippen LogP contribution is -2.31. The molecule has 0 fully saturated rings. The first-order valence-corrected chi connectivity index (χ1v) is 8.87. The number of imide groups is 1. The summed E-state index contributed by atoms with van der Waals surface area (Å²) in [5, 5.41) is 10.3. The molecule has 7 heteroatoms. The zero-order valence-corrected chi connectivity index (χ0v) is 15.9. The zero-order chi connectivity index (χ0) is 20.3. The second-order valence-corrected chi connectivity index (χ2v) is 5.89. The molecule has 3 rings (SSSR count). The van der Waals surface area contributed by atoms with Gasteiger partial charge in [0, 0.05) is 6.07 Å². The molecule has 0 saturated heterocycles. The van der Waals surface area contributed by atoms with Crippen molar-refractivity contribution in [2.45, 2.75) is 13.8 Å². The van der Waals surface area contributed by atoms with E-state index in [4.69, 9.17) is 14.2 Å². The van der Waals surface area contributed by atoms with Gasteiger partial charge in [0.2, 0.25) is 0 Å². The number of hydrogen-bond acceptors (Lipinski definition) is 6. The van der Waals surface area contributed by atoms with Crippen LogP contribution in [0.1, 0.15) is 19.4 Å². The summed E-state index contributed by atoms with van der Waals surface area (Å²) >= 11 is 0. The van der Waals surface area contributed by atoms with Crippen LogP contribution in [-0.4, -0.2) is 37.2 Å². The summed E-state index contributed by atoms with van der Waals surface area (Å²) in [5.41, 5.74) is 0.659. The quantitative estimate of drug-likeness (QED) is 0.738. The molecule has 0 aliphatic carbocycles. The van der Waals surface area contributed by atoms with E-state index in [9.17, 15) is 14.7 Å². The Kier molecular flexibility index (Phi) is 5.54. The molecule has 0 unspecified atom stereocenters. The van der Waals surface area contributed by atoms with Gasteiger partial charge in [-0.1, -0.05) is 12.1 Å². The van der Waals surface area contributed by atoms with E-state index in [-0.39, 0.29) is 11.3 Å². The molecule has 146 valence electrons. The molecule has 1 aliphatic rings. The first-order valence-electron chi connectivity index (χ1n) is 8.87. The van der Waals surface area contributed by atoms with Gasteiger partial charge in [-0.25, -0.2) is 4.90 Å². The number of amides is 2. The van der Waals surface area contributed by atoms with Crippen molar-refractivity contribution >= 4 is 23.1 Å². The number of carbonyl (C=O) groups is 2. The van der Waals surface area contributed by atoms with E-state index in [1.54, 1.807) is 42.5 Å². The molecule has 0 aromatic heterocycles. The van der Waals surface area contributed by atoms with Crippen molar-refractivity contribution in [1.82, 2.24) is 0 Å². The third-order valence-electron chi connectivity index (χ3n) is 4.22. The fourth-order valence-electron chi connectivity index (χ4n) is 2.95. The van der Waals surface area contributed by atoms with Crippen molar-refractivity contribution in [3.05, 3.63) is 53.8 Å². The Hall–Kier alpha value is -3.48. The van der Waals surface area contributed by atoms with Gasteiger partial charge >= 0.3 is 5.91 Å². The second kappa shape index (κ2) is 8.04. The summed E-state index contributed by atoms with van der Waals surface area (Å²) in [5.74, 6) is -0.464. The lowest BCUT2D eigenvalue weighted by atomic mass is 10.1. The second-order valence-electron chi connectivity index (χ2n) is 5.89. The summed E-state index contributed by atoms with van der Waals surface area (Å²) in [6, 6.07) is 11.3. The summed E-state index contributed by atoms with van der Waals surface area (Å²) in [6.07, 6.45) is 0. The Labute approximate surface area is 162 Å². The molecule has 1 N–H and O–H groups in total. The molecular weight excluding hydrogens is 362 g/mol. The molecule has 0 saturated carbocycles. The third kappa shape index (κ3) is 3.38. The van der Waals surface area contributed by atoms with Crippen LogP contribution in [0.4, 0.5) is 5.69 Å². The van der Waals surface area contributed by atoms with Gasteiger partial charge in [-0.3, -0.25) is 9.59 Å². The van der Waals surface area contributed by atoms with E-state index < -0.39 is 17.6 Å². The molecule has 0 spiro atoms. The average molecular weight is 383 g/mol. The Bertz CT molecular complexity index is 932. The standard InChI is InChI=1S/C21H21NO6/c1-4-27-16-11-8-14(12-17(16)28-5-2)22-20(24)18(19(23)21(22)25)13-6-9-15(26-3)10-7-13/h6-12,23H,4-5H2,1-3H3. The van der Waals surface area contributed by atoms with Gasteiger partial charge in [0.05, 0.1) is 31.6 Å². The number of methoxy groups -OCH3 is 1. The van der Waals surface area contributed by atoms with Crippen LogP contribution in [0.3, 0.4) is 0 Å². The van der Waals surface area contributed by atoms with E-state index in [1.165, 1.54) is 7.11 Å². The predicted molar refractivity (Wildman–Crippen MR) is 104 cm³/mol. The largest absolute Gasteiger partial charge is 0.502 e. The Morgan fingerprint density at radius 3 is 2.14 bits per heavy atom. The minimum Gasteiger partial charge on any atom is -0.502 e. The van der Waals surface area contributed by atoms with Crippen LogP contribution < -0.4 is 19.1 Å². The van der Waals surface area contributed by atoms with Crippen molar-refractivity contribution in [1.29, 1.82) is 0 Å². The number of nitrogens with zero attached hydrogens (tertiary/aromatic N) is 1. The van der Waals surface area contributed by atoms with Crippen LogP contribution in [0.5, 0.6) is 17.2 Å². The van der Waals surface area contributed by atoms with Crippen LogP contribution >= 0.6 is 0 Å². The number of hydrogen-bond donors (Lipinski definition) is 1. The molecule has 7 nitrogen and oxygen atoms in total. The van der Waals surface area contributed by atoms with Gasteiger partial charge in [0.15, 0.2) is 17.3 Å². The molecule has 0 atom stereocenters. The molecule has 28 heavy (non-hydrogen) atoms. The first kappa shape index (κ1) is 19.3. The minimum absolute atomic E-state index is 0.0560. The summed E-state index contributed by atoms with van der Waals surface area (Å²) in [7, 11) is 1.53. The number of rotatable bonds is 7. The lowest BCUT2D eigenvalue weighted by molar-refractivity contribution is -0.121. The van der Waals surface area contributed by atoms with E-state index in [0.29, 0.717) is 36.0 Å². The van der Waals surface area contributed by atoms with Gasteiger partial charge in [0.25, 0.3) is 5.91 Å². The Balaban J connectivity index is 1.97. The topological polar surface area (TPSA) is 85.3 Å². The van der Waals surface area contributed by atoms with Crippen LogP contribution in [0.2, 0.25) is 0 Å². The van der Waals surface area contributed by atoms with Gasteiger partial charge in [-0.05, 0) is 43.7 Å². The van der Waals surface area contributed by atoms with E-state index in [0.717, 1.165) is 4.90 Å². The number of aliphatic hydroxyl groups is 1. The van der Waals surface area contributed by atoms with Crippen molar-refractivity contribution in [2.24, 2.45) is 0 Å². The maximum absolute atomic E-state index is 12.9. The van der Waals surface area contributed by atoms with Crippen LogP contribution in [0.15, 0.2) is 48.2 Å². The monoisotopic (exact) mass is 383 g/mol. The van der Waals surface area contributed by atoms with Crippen LogP contribution in [0, 0.1) is 0 Å². The SMILES string of the molecule is CCOc1ccc(N2C(=O)C(O)=C(c3ccc(OC)cc3)C2=O)cc1OCC. The van der Waals surface area contributed by atoms with Gasteiger partial charge < -0.3 is 19.3 Å². The van der Waals surface area contributed by atoms with Crippen molar-refractivity contribution in [3.63, 3.8) is 0 Å².